The second-order valence-corrected chi connectivity index (χ2v) is 10.8. The lowest BCUT2D eigenvalue weighted by Gasteiger charge is -2.49. The maximum absolute atomic E-state index is 15.1. The fourth-order valence-corrected chi connectivity index (χ4v) is 7.39. The molecule has 2 aromatic rings. The quantitative estimate of drug-likeness (QED) is 0.727. The predicted molar refractivity (Wildman–Crippen MR) is 112 cm³/mol. The molecule has 0 spiro atoms. The van der Waals surface area contributed by atoms with Gasteiger partial charge in [-0.3, -0.25) is 4.79 Å². The van der Waals surface area contributed by atoms with Gasteiger partial charge in [0.15, 0.2) is 21.4 Å². The van der Waals surface area contributed by atoms with Crippen molar-refractivity contribution in [3.63, 3.8) is 0 Å². The maximum atomic E-state index is 15.1. The first-order valence-corrected chi connectivity index (χ1v) is 11.9. The molecule has 1 amide bonds. The Morgan fingerprint density at radius 3 is 2.55 bits per heavy atom. The van der Waals surface area contributed by atoms with Crippen LogP contribution in [0.3, 0.4) is 0 Å². The van der Waals surface area contributed by atoms with Crippen LogP contribution in [0, 0.1) is 23.5 Å². The van der Waals surface area contributed by atoms with E-state index in [1.54, 1.807) is 0 Å². The zero-order chi connectivity index (χ0) is 22.4. The molecule has 2 aromatic carbocycles. The molecule has 0 saturated heterocycles. The van der Waals surface area contributed by atoms with Crippen LogP contribution in [0.2, 0.25) is 5.02 Å². The van der Waals surface area contributed by atoms with Gasteiger partial charge in [0.1, 0.15) is 10.6 Å². The first kappa shape index (κ1) is 22.0. The number of nitrogens with one attached hydrogen (secondary N) is 1. The highest BCUT2D eigenvalue weighted by molar-refractivity contribution is 7.92. The number of ether oxygens (including phenoxy) is 1. The molecule has 0 radical (unpaired) electrons. The Morgan fingerprint density at radius 2 is 1.87 bits per heavy atom. The third-order valence-electron chi connectivity index (χ3n) is 6.36. The highest BCUT2D eigenvalue weighted by atomic mass is 35.5. The molecule has 1 heterocycles. The molecule has 1 fully saturated rings. The van der Waals surface area contributed by atoms with Crippen molar-refractivity contribution in [1.29, 1.82) is 0 Å². The topological polar surface area (TPSA) is 72.5 Å². The minimum absolute atomic E-state index is 0.00118. The standard InChI is InChI=1S/C22H22ClF2NO4S/c1-13(27)26-11-14-8-9-22(31(28,29)17-4-2-16(23)3-5-17)15(10-14)12-30-21-19(25)7-6-18(24)20(21)22/h2-7,14-15H,8-12H2,1H3,(H,26,27)/t14-,15-,22+/m1/s1. The van der Waals surface area contributed by atoms with Gasteiger partial charge in [0.05, 0.1) is 17.1 Å². The Kier molecular flexibility index (Phi) is 5.72. The molecule has 1 aliphatic carbocycles. The van der Waals surface area contributed by atoms with Gasteiger partial charge in [0, 0.05) is 24.4 Å². The fourth-order valence-electron chi connectivity index (χ4n) is 4.90. The summed E-state index contributed by atoms with van der Waals surface area (Å²) < 4.78 is 61.6. The van der Waals surface area contributed by atoms with Gasteiger partial charge in [-0.1, -0.05) is 11.6 Å². The minimum atomic E-state index is -4.14. The van der Waals surface area contributed by atoms with E-state index in [2.05, 4.69) is 5.32 Å². The molecule has 4 rings (SSSR count). The second-order valence-electron chi connectivity index (χ2n) is 8.17. The molecular formula is C22H22ClF2NO4S. The lowest BCUT2D eigenvalue weighted by molar-refractivity contribution is -0.119. The Bertz CT molecular complexity index is 1120. The molecule has 1 N–H and O–H groups in total. The number of halogens is 3. The normalized spacial score (nSPS) is 25.2. The highest BCUT2D eigenvalue weighted by Crippen LogP contribution is 2.57. The summed E-state index contributed by atoms with van der Waals surface area (Å²) in [6.45, 7) is 1.74. The number of carbonyl (C=O) groups is 1. The van der Waals surface area contributed by atoms with E-state index in [0.717, 1.165) is 12.1 Å². The van der Waals surface area contributed by atoms with E-state index in [1.807, 2.05) is 0 Å². The average molecular weight is 470 g/mol. The Morgan fingerprint density at radius 1 is 1.19 bits per heavy atom. The van der Waals surface area contributed by atoms with Gasteiger partial charge in [0.25, 0.3) is 0 Å². The molecule has 0 bridgehead atoms. The fraction of sp³-hybridized carbons (Fsp3) is 0.409. The molecule has 0 unspecified atom stereocenters. The number of hydrogen-bond donors (Lipinski definition) is 1. The molecular weight excluding hydrogens is 448 g/mol. The Balaban J connectivity index is 1.87. The van der Waals surface area contributed by atoms with Crippen molar-refractivity contribution < 1.29 is 26.7 Å². The molecule has 2 aliphatic rings. The largest absolute Gasteiger partial charge is 0.490 e. The molecule has 0 aromatic heterocycles. The lowest BCUT2D eigenvalue weighted by Crippen LogP contribution is -2.53. The summed E-state index contributed by atoms with van der Waals surface area (Å²) in [7, 11) is -4.14. The molecule has 1 saturated carbocycles. The van der Waals surface area contributed by atoms with Crippen LogP contribution in [0.1, 0.15) is 31.7 Å². The van der Waals surface area contributed by atoms with Crippen molar-refractivity contribution in [2.45, 2.75) is 35.8 Å². The van der Waals surface area contributed by atoms with Gasteiger partial charge in [-0.15, -0.1) is 0 Å². The lowest BCUT2D eigenvalue weighted by atomic mass is 9.69. The minimum Gasteiger partial charge on any atom is -0.490 e. The van der Waals surface area contributed by atoms with E-state index in [0.29, 0.717) is 24.4 Å². The van der Waals surface area contributed by atoms with Crippen molar-refractivity contribution >= 4 is 27.3 Å². The number of fused-ring (bicyclic) bond motifs is 3. The van der Waals surface area contributed by atoms with Gasteiger partial charge < -0.3 is 10.1 Å². The number of sulfone groups is 1. The van der Waals surface area contributed by atoms with Crippen LogP contribution >= 0.6 is 11.6 Å². The summed E-state index contributed by atoms with van der Waals surface area (Å²) in [4.78, 5) is 11.3. The maximum Gasteiger partial charge on any atom is 0.216 e. The van der Waals surface area contributed by atoms with Crippen molar-refractivity contribution in [3.05, 3.63) is 58.6 Å². The Labute approximate surface area is 184 Å². The molecule has 3 atom stereocenters. The summed E-state index contributed by atoms with van der Waals surface area (Å²) >= 11 is 5.93. The van der Waals surface area contributed by atoms with Crippen LogP contribution < -0.4 is 10.1 Å². The summed E-state index contributed by atoms with van der Waals surface area (Å²) in [6.07, 6.45) is 0.908. The van der Waals surface area contributed by atoms with Gasteiger partial charge >= 0.3 is 0 Å². The van der Waals surface area contributed by atoms with Gasteiger partial charge in [-0.25, -0.2) is 17.2 Å². The summed E-state index contributed by atoms with van der Waals surface area (Å²) in [5, 5.41) is 3.13. The first-order chi connectivity index (χ1) is 14.7. The molecule has 1 aliphatic heterocycles. The number of rotatable bonds is 4. The average Bonchev–Trinajstić information content (AvgIpc) is 2.74. The summed E-state index contributed by atoms with van der Waals surface area (Å²) in [6, 6.07) is 7.59. The van der Waals surface area contributed by atoms with Crippen LogP contribution in [-0.2, 0) is 19.4 Å². The monoisotopic (exact) mass is 469 g/mol. The molecule has 9 heteroatoms. The highest BCUT2D eigenvalue weighted by Gasteiger charge is 2.59. The van der Waals surface area contributed by atoms with Crippen molar-refractivity contribution in [2.75, 3.05) is 13.2 Å². The van der Waals surface area contributed by atoms with E-state index in [9.17, 15) is 17.6 Å². The van der Waals surface area contributed by atoms with E-state index >= 15 is 4.39 Å². The van der Waals surface area contributed by atoms with Crippen LogP contribution in [0.25, 0.3) is 0 Å². The zero-order valence-electron chi connectivity index (χ0n) is 16.8. The Hall–Kier alpha value is -2.19. The van der Waals surface area contributed by atoms with Crippen molar-refractivity contribution in [1.82, 2.24) is 5.32 Å². The number of carbonyl (C=O) groups excluding carboxylic acids is 1. The third-order valence-corrected chi connectivity index (χ3v) is 9.20. The van der Waals surface area contributed by atoms with E-state index < -0.39 is 32.1 Å². The SMILES string of the molecule is CC(=O)NC[C@@H]1CC[C@@]2(S(=O)(=O)c3ccc(Cl)cc3)c3c(F)ccc(F)c3OC[C@H]2C1. The number of benzene rings is 2. The summed E-state index contributed by atoms with van der Waals surface area (Å²) in [5.41, 5.74) is -0.239. The predicted octanol–water partition coefficient (Wildman–Crippen LogP) is 4.23. The second kappa shape index (κ2) is 8.06. The smallest absolute Gasteiger partial charge is 0.216 e. The number of amides is 1. The van der Waals surface area contributed by atoms with Crippen LogP contribution in [-0.4, -0.2) is 27.5 Å². The van der Waals surface area contributed by atoms with Crippen molar-refractivity contribution in [3.8, 4) is 5.75 Å². The molecule has 166 valence electrons. The van der Waals surface area contributed by atoms with E-state index in [-0.39, 0.29) is 41.1 Å². The van der Waals surface area contributed by atoms with Crippen LogP contribution in [0.5, 0.6) is 5.75 Å². The van der Waals surface area contributed by atoms with E-state index in [4.69, 9.17) is 16.3 Å². The molecule has 5 nitrogen and oxygen atoms in total. The first-order valence-electron chi connectivity index (χ1n) is 10.0. The van der Waals surface area contributed by atoms with Gasteiger partial charge in [-0.2, -0.15) is 0 Å². The van der Waals surface area contributed by atoms with E-state index in [1.165, 1.54) is 31.2 Å². The molecule has 31 heavy (non-hydrogen) atoms. The van der Waals surface area contributed by atoms with Gasteiger partial charge in [0.2, 0.25) is 5.91 Å². The van der Waals surface area contributed by atoms with Gasteiger partial charge in [-0.05, 0) is 61.6 Å². The zero-order valence-corrected chi connectivity index (χ0v) is 18.4. The third kappa shape index (κ3) is 3.59. The van der Waals surface area contributed by atoms with Crippen LogP contribution in [0.15, 0.2) is 41.3 Å². The van der Waals surface area contributed by atoms with Crippen molar-refractivity contribution in [2.24, 2.45) is 11.8 Å². The van der Waals surface area contributed by atoms with Crippen LogP contribution in [0.4, 0.5) is 8.78 Å². The number of hydrogen-bond acceptors (Lipinski definition) is 4. The summed E-state index contributed by atoms with van der Waals surface area (Å²) in [5.74, 6) is -2.72.